The highest BCUT2D eigenvalue weighted by Gasteiger charge is 2.02. The molecule has 0 aliphatic heterocycles. The number of anilines is 2. The number of nitrogens with one attached hydrogen (secondary N) is 1. The molecule has 0 aliphatic rings. The number of nitrogen functional groups attached to an aromatic ring is 1. The van der Waals surface area contributed by atoms with Gasteiger partial charge in [-0.05, 0) is 44.6 Å². The van der Waals surface area contributed by atoms with Crippen LogP contribution >= 0.6 is 0 Å². The van der Waals surface area contributed by atoms with Gasteiger partial charge in [0.05, 0.1) is 11.4 Å². The first-order valence-electron chi connectivity index (χ1n) is 6.50. The second-order valence-electron chi connectivity index (χ2n) is 4.35. The molecule has 1 rings (SSSR count). The Morgan fingerprint density at radius 2 is 1.94 bits per heavy atom. The quantitative estimate of drug-likeness (QED) is 0.564. The highest BCUT2D eigenvalue weighted by atomic mass is 15.1. The molecule has 1 aromatic rings. The van der Waals surface area contributed by atoms with Crippen molar-refractivity contribution in [3.05, 3.63) is 23.8 Å². The molecule has 0 aromatic heterocycles. The van der Waals surface area contributed by atoms with Gasteiger partial charge < -0.3 is 16.0 Å². The van der Waals surface area contributed by atoms with E-state index in [4.69, 9.17) is 5.73 Å². The van der Waals surface area contributed by atoms with Gasteiger partial charge in [-0.1, -0.05) is 26.0 Å². The van der Waals surface area contributed by atoms with Crippen molar-refractivity contribution in [3.63, 3.8) is 0 Å². The van der Waals surface area contributed by atoms with Crippen molar-refractivity contribution < 1.29 is 0 Å². The number of hydrogen-bond acceptors (Lipinski definition) is 3. The summed E-state index contributed by atoms with van der Waals surface area (Å²) in [6.45, 7) is 10.9. The van der Waals surface area contributed by atoms with Gasteiger partial charge in [0.2, 0.25) is 0 Å². The zero-order valence-corrected chi connectivity index (χ0v) is 11.3. The molecule has 0 amide bonds. The van der Waals surface area contributed by atoms with E-state index in [2.05, 4.69) is 37.1 Å². The number of rotatable bonds is 7. The molecule has 17 heavy (non-hydrogen) atoms. The molecule has 0 spiro atoms. The molecule has 0 aliphatic carbocycles. The van der Waals surface area contributed by atoms with Gasteiger partial charge in [0, 0.05) is 6.54 Å². The molecule has 0 radical (unpaired) electrons. The summed E-state index contributed by atoms with van der Waals surface area (Å²) in [7, 11) is 0. The average Bonchev–Trinajstić information content (AvgIpc) is 2.32. The van der Waals surface area contributed by atoms with Crippen LogP contribution in [-0.4, -0.2) is 31.1 Å². The van der Waals surface area contributed by atoms with Crippen LogP contribution in [0, 0.1) is 6.92 Å². The smallest absolute Gasteiger partial charge is 0.0603 e. The molecule has 0 saturated carbocycles. The number of para-hydroxylation sites is 1. The molecule has 0 heterocycles. The van der Waals surface area contributed by atoms with Crippen LogP contribution in [0.2, 0.25) is 0 Å². The maximum absolute atomic E-state index is 5.94. The van der Waals surface area contributed by atoms with Crippen molar-refractivity contribution in [2.45, 2.75) is 27.2 Å². The molecule has 0 bridgehead atoms. The standard InChI is InChI=1S/C14H25N3/c1-4-17(5-2)11-7-10-16-14-12(3)8-6-9-13(14)15/h6,8-9,16H,4-5,7,10-11,15H2,1-3H3. The molecule has 96 valence electrons. The summed E-state index contributed by atoms with van der Waals surface area (Å²) in [6, 6.07) is 6.02. The number of hydrogen-bond donors (Lipinski definition) is 2. The monoisotopic (exact) mass is 235 g/mol. The van der Waals surface area contributed by atoms with E-state index >= 15 is 0 Å². The molecule has 0 fully saturated rings. The third-order valence-electron chi connectivity index (χ3n) is 3.15. The van der Waals surface area contributed by atoms with E-state index < -0.39 is 0 Å². The summed E-state index contributed by atoms with van der Waals surface area (Å²) in [5, 5.41) is 3.43. The van der Waals surface area contributed by atoms with Crippen molar-refractivity contribution in [3.8, 4) is 0 Å². The number of benzene rings is 1. The van der Waals surface area contributed by atoms with Gasteiger partial charge in [0.25, 0.3) is 0 Å². The third kappa shape index (κ3) is 4.27. The zero-order chi connectivity index (χ0) is 12.7. The minimum Gasteiger partial charge on any atom is -0.397 e. The predicted molar refractivity (Wildman–Crippen MR) is 76.5 cm³/mol. The van der Waals surface area contributed by atoms with Crippen LogP contribution in [0.15, 0.2) is 18.2 Å². The Kier molecular flexibility index (Phi) is 5.84. The van der Waals surface area contributed by atoms with Crippen molar-refractivity contribution in [1.29, 1.82) is 0 Å². The molecule has 0 atom stereocenters. The molecular weight excluding hydrogens is 210 g/mol. The van der Waals surface area contributed by atoms with Gasteiger partial charge >= 0.3 is 0 Å². The zero-order valence-electron chi connectivity index (χ0n) is 11.3. The van der Waals surface area contributed by atoms with E-state index in [0.717, 1.165) is 44.0 Å². The van der Waals surface area contributed by atoms with E-state index in [1.807, 2.05) is 12.1 Å². The minimum atomic E-state index is 0.841. The van der Waals surface area contributed by atoms with E-state index in [1.165, 1.54) is 5.56 Å². The number of aryl methyl sites for hydroxylation is 1. The first-order valence-corrected chi connectivity index (χ1v) is 6.50. The Bertz CT molecular complexity index is 312. The molecule has 0 unspecified atom stereocenters. The Morgan fingerprint density at radius 1 is 1.24 bits per heavy atom. The Balaban J connectivity index is 2.36. The maximum Gasteiger partial charge on any atom is 0.0603 e. The molecule has 0 saturated heterocycles. The Labute approximate surface area is 105 Å². The SMILES string of the molecule is CCN(CC)CCCNc1c(C)cccc1N. The second kappa shape index (κ2) is 7.17. The van der Waals surface area contributed by atoms with Gasteiger partial charge in [-0.3, -0.25) is 0 Å². The molecule has 3 N–H and O–H groups in total. The Hall–Kier alpha value is -1.22. The summed E-state index contributed by atoms with van der Waals surface area (Å²) >= 11 is 0. The highest BCUT2D eigenvalue weighted by Crippen LogP contribution is 2.22. The van der Waals surface area contributed by atoms with Crippen LogP contribution in [0.5, 0.6) is 0 Å². The van der Waals surface area contributed by atoms with Crippen LogP contribution in [0.4, 0.5) is 11.4 Å². The average molecular weight is 235 g/mol. The van der Waals surface area contributed by atoms with Gasteiger partial charge in [0.1, 0.15) is 0 Å². The van der Waals surface area contributed by atoms with Crippen molar-refractivity contribution in [1.82, 2.24) is 4.90 Å². The highest BCUT2D eigenvalue weighted by molar-refractivity contribution is 5.69. The first-order chi connectivity index (χ1) is 8.19. The van der Waals surface area contributed by atoms with Crippen LogP contribution in [0.25, 0.3) is 0 Å². The fraction of sp³-hybridized carbons (Fsp3) is 0.571. The minimum absolute atomic E-state index is 0.841. The maximum atomic E-state index is 5.94. The van der Waals surface area contributed by atoms with Crippen molar-refractivity contribution in [2.75, 3.05) is 37.2 Å². The lowest BCUT2D eigenvalue weighted by atomic mass is 10.1. The predicted octanol–water partition coefficient (Wildman–Crippen LogP) is 2.72. The fourth-order valence-electron chi connectivity index (χ4n) is 1.99. The van der Waals surface area contributed by atoms with E-state index in [9.17, 15) is 0 Å². The molecule has 3 heteroatoms. The summed E-state index contributed by atoms with van der Waals surface area (Å²) in [5.41, 5.74) is 9.09. The lowest BCUT2D eigenvalue weighted by Gasteiger charge is -2.18. The van der Waals surface area contributed by atoms with Crippen LogP contribution < -0.4 is 11.1 Å². The van der Waals surface area contributed by atoms with Gasteiger partial charge in [-0.2, -0.15) is 0 Å². The van der Waals surface area contributed by atoms with E-state index in [-0.39, 0.29) is 0 Å². The van der Waals surface area contributed by atoms with Gasteiger partial charge in [-0.25, -0.2) is 0 Å². The van der Waals surface area contributed by atoms with Gasteiger partial charge in [-0.15, -0.1) is 0 Å². The first kappa shape index (κ1) is 13.8. The summed E-state index contributed by atoms with van der Waals surface area (Å²) in [6.07, 6.45) is 1.15. The van der Waals surface area contributed by atoms with Crippen LogP contribution in [0.3, 0.4) is 0 Å². The lowest BCUT2D eigenvalue weighted by Crippen LogP contribution is -2.25. The summed E-state index contributed by atoms with van der Waals surface area (Å²) < 4.78 is 0. The van der Waals surface area contributed by atoms with Crippen LogP contribution in [0.1, 0.15) is 25.8 Å². The van der Waals surface area contributed by atoms with Crippen molar-refractivity contribution >= 4 is 11.4 Å². The Morgan fingerprint density at radius 3 is 2.53 bits per heavy atom. The van der Waals surface area contributed by atoms with Crippen LogP contribution in [-0.2, 0) is 0 Å². The third-order valence-corrected chi connectivity index (χ3v) is 3.15. The lowest BCUT2D eigenvalue weighted by molar-refractivity contribution is 0.303. The second-order valence-corrected chi connectivity index (χ2v) is 4.35. The molecule has 1 aromatic carbocycles. The number of nitrogens with two attached hydrogens (primary N) is 1. The normalized spacial score (nSPS) is 10.8. The van der Waals surface area contributed by atoms with Gasteiger partial charge in [0.15, 0.2) is 0 Å². The van der Waals surface area contributed by atoms with E-state index in [1.54, 1.807) is 0 Å². The largest absolute Gasteiger partial charge is 0.397 e. The summed E-state index contributed by atoms with van der Waals surface area (Å²) in [4.78, 5) is 2.43. The topological polar surface area (TPSA) is 41.3 Å². The number of nitrogens with zero attached hydrogens (tertiary/aromatic N) is 1. The summed E-state index contributed by atoms with van der Waals surface area (Å²) in [5.74, 6) is 0. The van der Waals surface area contributed by atoms with E-state index in [0.29, 0.717) is 0 Å². The van der Waals surface area contributed by atoms with Crippen molar-refractivity contribution in [2.24, 2.45) is 0 Å². The molecular formula is C14H25N3. The molecule has 3 nitrogen and oxygen atoms in total. The fourth-order valence-corrected chi connectivity index (χ4v) is 1.99.